The lowest BCUT2D eigenvalue weighted by molar-refractivity contribution is -0.140. The number of hydrogen-bond donors (Lipinski definition) is 1. The lowest BCUT2D eigenvalue weighted by Gasteiger charge is -2.34. The van der Waals surface area contributed by atoms with Gasteiger partial charge in [0.2, 0.25) is 21.8 Å². The predicted molar refractivity (Wildman–Crippen MR) is 167 cm³/mol. The molecule has 4 rings (SSSR count). The molecule has 0 aromatic heterocycles. The summed E-state index contributed by atoms with van der Waals surface area (Å²) in [6.07, 6.45) is 5.08. The molecule has 0 saturated heterocycles. The Morgan fingerprint density at radius 3 is 2.26 bits per heavy atom. The normalized spacial score (nSPS) is 14.1. The summed E-state index contributed by atoms with van der Waals surface area (Å²) in [5.41, 5.74) is 2.11. The van der Waals surface area contributed by atoms with Crippen LogP contribution < -0.4 is 14.4 Å². The summed E-state index contributed by atoms with van der Waals surface area (Å²) in [7, 11) is -2.39. The molecule has 1 atom stereocenters. The van der Waals surface area contributed by atoms with Crippen molar-refractivity contribution >= 4 is 33.3 Å². The van der Waals surface area contributed by atoms with Crippen molar-refractivity contribution in [2.45, 2.75) is 57.7 Å². The SMILES string of the molecule is COc1cccc(CN(C(=O)CN(c2cccc(C(C)=O)c2)S(C)(=O)=O)C(Cc2ccccc2)C(=O)NC2CCCC2)c1. The van der Waals surface area contributed by atoms with Crippen LogP contribution in [0.2, 0.25) is 0 Å². The van der Waals surface area contributed by atoms with Gasteiger partial charge in [-0.15, -0.1) is 0 Å². The Balaban J connectivity index is 1.75. The van der Waals surface area contributed by atoms with Gasteiger partial charge in [-0.1, -0.05) is 67.4 Å². The molecule has 1 saturated carbocycles. The molecule has 2 amide bonds. The van der Waals surface area contributed by atoms with Gasteiger partial charge in [0.05, 0.1) is 19.1 Å². The minimum absolute atomic E-state index is 0.0291. The molecule has 0 aliphatic heterocycles. The molecule has 1 aliphatic rings. The van der Waals surface area contributed by atoms with E-state index in [9.17, 15) is 22.8 Å². The van der Waals surface area contributed by atoms with Gasteiger partial charge in [0.1, 0.15) is 18.3 Å². The molecule has 1 unspecified atom stereocenters. The van der Waals surface area contributed by atoms with Crippen molar-refractivity contribution < 1.29 is 27.5 Å². The molecule has 43 heavy (non-hydrogen) atoms. The van der Waals surface area contributed by atoms with Crippen LogP contribution >= 0.6 is 0 Å². The van der Waals surface area contributed by atoms with Crippen LogP contribution in [0.4, 0.5) is 5.69 Å². The van der Waals surface area contributed by atoms with Gasteiger partial charge in [0, 0.05) is 24.6 Å². The van der Waals surface area contributed by atoms with Gasteiger partial charge in [0.15, 0.2) is 5.78 Å². The third-order valence-electron chi connectivity index (χ3n) is 7.68. The Hall–Kier alpha value is -4.18. The van der Waals surface area contributed by atoms with Crippen LogP contribution in [0.25, 0.3) is 0 Å². The van der Waals surface area contributed by atoms with Crippen molar-refractivity contribution in [3.8, 4) is 5.75 Å². The molecule has 10 heteroatoms. The van der Waals surface area contributed by atoms with E-state index in [1.807, 2.05) is 36.4 Å². The van der Waals surface area contributed by atoms with Gasteiger partial charge < -0.3 is 15.0 Å². The number of Topliss-reactive ketones (excluding diaryl/α,β-unsaturated/α-hetero) is 1. The van der Waals surface area contributed by atoms with Crippen LogP contribution in [0.5, 0.6) is 5.75 Å². The molecule has 3 aromatic rings. The molecule has 1 N–H and O–H groups in total. The number of ether oxygens (including phenoxy) is 1. The summed E-state index contributed by atoms with van der Waals surface area (Å²) in [6.45, 7) is 0.894. The maximum atomic E-state index is 14.3. The minimum atomic E-state index is -3.94. The fourth-order valence-corrected chi connectivity index (χ4v) is 6.22. The molecule has 1 fully saturated rings. The second kappa shape index (κ2) is 14.3. The van der Waals surface area contributed by atoms with Gasteiger partial charge in [-0.2, -0.15) is 0 Å². The van der Waals surface area contributed by atoms with E-state index in [1.165, 1.54) is 17.9 Å². The fraction of sp³-hybridized carbons (Fsp3) is 0.364. The fourth-order valence-electron chi connectivity index (χ4n) is 5.38. The number of carbonyl (C=O) groups excluding carboxylic acids is 3. The highest BCUT2D eigenvalue weighted by Crippen LogP contribution is 2.24. The maximum Gasteiger partial charge on any atom is 0.244 e. The first-order chi connectivity index (χ1) is 20.5. The number of anilines is 1. The highest BCUT2D eigenvalue weighted by molar-refractivity contribution is 7.92. The lowest BCUT2D eigenvalue weighted by Crippen LogP contribution is -2.54. The summed E-state index contributed by atoms with van der Waals surface area (Å²) in [6, 6.07) is 22.0. The molecular formula is C33H39N3O6S. The molecule has 0 radical (unpaired) electrons. The maximum absolute atomic E-state index is 14.3. The summed E-state index contributed by atoms with van der Waals surface area (Å²) in [5, 5.41) is 3.15. The van der Waals surface area contributed by atoms with Gasteiger partial charge in [-0.05, 0) is 55.2 Å². The Morgan fingerprint density at radius 1 is 0.930 bits per heavy atom. The summed E-state index contributed by atoms with van der Waals surface area (Å²) < 4.78 is 32.4. The van der Waals surface area contributed by atoms with Crippen molar-refractivity contribution in [1.29, 1.82) is 0 Å². The number of benzene rings is 3. The van der Waals surface area contributed by atoms with Crippen LogP contribution in [0.15, 0.2) is 78.9 Å². The number of ketones is 1. The van der Waals surface area contributed by atoms with E-state index < -0.39 is 28.5 Å². The molecule has 0 heterocycles. The molecule has 1 aliphatic carbocycles. The van der Waals surface area contributed by atoms with E-state index in [1.54, 1.807) is 43.5 Å². The topological polar surface area (TPSA) is 113 Å². The van der Waals surface area contributed by atoms with Gasteiger partial charge in [0.25, 0.3) is 0 Å². The summed E-state index contributed by atoms with van der Waals surface area (Å²) in [4.78, 5) is 41.7. The Labute approximate surface area is 253 Å². The van der Waals surface area contributed by atoms with Crippen LogP contribution in [-0.4, -0.2) is 62.9 Å². The minimum Gasteiger partial charge on any atom is -0.497 e. The number of rotatable bonds is 13. The number of sulfonamides is 1. The molecule has 0 bridgehead atoms. The van der Waals surface area contributed by atoms with Crippen LogP contribution in [0.1, 0.15) is 54.1 Å². The van der Waals surface area contributed by atoms with E-state index in [-0.39, 0.29) is 36.4 Å². The number of nitrogens with one attached hydrogen (secondary N) is 1. The molecular weight excluding hydrogens is 566 g/mol. The summed E-state index contributed by atoms with van der Waals surface area (Å²) in [5.74, 6) is -0.466. The average Bonchev–Trinajstić information content (AvgIpc) is 3.50. The highest BCUT2D eigenvalue weighted by atomic mass is 32.2. The number of carbonyl (C=O) groups is 3. The van der Waals surface area contributed by atoms with E-state index in [0.29, 0.717) is 11.3 Å². The van der Waals surface area contributed by atoms with Crippen molar-refractivity contribution in [2.24, 2.45) is 0 Å². The number of methoxy groups -OCH3 is 1. The quantitative estimate of drug-likeness (QED) is 0.290. The second-order valence-corrected chi connectivity index (χ2v) is 12.9. The standard InChI is InChI=1S/C33H39N3O6S/c1-24(37)27-14-10-17-29(21-27)36(43(3,40)41)23-32(38)35(22-26-13-9-18-30(19-26)42-2)31(20-25-11-5-4-6-12-25)33(39)34-28-15-7-8-16-28/h4-6,9-14,17-19,21,28,31H,7-8,15-16,20,22-23H2,1-3H3,(H,34,39). The molecule has 228 valence electrons. The molecule has 9 nitrogen and oxygen atoms in total. The zero-order valence-corrected chi connectivity index (χ0v) is 25.7. The van der Waals surface area contributed by atoms with E-state index >= 15 is 0 Å². The first-order valence-corrected chi connectivity index (χ1v) is 16.3. The second-order valence-electron chi connectivity index (χ2n) is 10.9. The first kappa shape index (κ1) is 31.7. The molecule has 0 spiro atoms. The Bertz CT molecular complexity index is 1540. The summed E-state index contributed by atoms with van der Waals surface area (Å²) >= 11 is 0. The lowest BCUT2D eigenvalue weighted by atomic mass is 10.0. The van der Waals surface area contributed by atoms with E-state index in [4.69, 9.17) is 4.74 Å². The van der Waals surface area contributed by atoms with E-state index in [0.717, 1.165) is 47.4 Å². The van der Waals surface area contributed by atoms with Crippen molar-refractivity contribution in [3.05, 3.63) is 95.6 Å². The monoisotopic (exact) mass is 605 g/mol. The number of amides is 2. The van der Waals surface area contributed by atoms with Crippen LogP contribution in [0, 0.1) is 0 Å². The Kier molecular flexibility index (Phi) is 10.6. The zero-order chi connectivity index (χ0) is 31.0. The first-order valence-electron chi connectivity index (χ1n) is 14.4. The van der Waals surface area contributed by atoms with Crippen LogP contribution in [0.3, 0.4) is 0 Å². The average molecular weight is 606 g/mol. The molecule has 3 aromatic carbocycles. The third-order valence-corrected chi connectivity index (χ3v) is 8.82. The van der Waals surface area contributed by atoms with Crippen molar-refractivity contribution in [2.75, 3.05) is 24.2 Å². The van der Waals surface area contributed by atoms with Gasteiger partial charge in [-0.25, -0.2) is 8.42 Å². The third kappa shape index (κ3) is 8.67. The van der Waals surface area contributed by atoms with E-state index in [2.05, 4.69) is 5.32 Å². The Morgan fingerprint density at radius 2 is 1.60 bits per heavy atom. The number of nitrogens with zero attached hydrogens (tertiary/aromatic N) is 2. The van der Waals surface area contributed by atoms with Crippen molar-refractivity contribution in [3.63, 3.8) is 0 Å². The van der Waals surface area contributed by atoms with Crippen LogP contribution in [-0.2, 0) is 32.6 Å². The predicted octanol–water partition coefficient (Wildman–Crippen LogP) is 4.36. The highest BCUT2D eigenvalue weighted by Gasteiger charge is 2.34. The van der Waals surface area contributed by atoms with Gasteiger partial charge in [-0.3, -0.25) is 18.7 Å². The largest absolute Gasteiger partial charge is 0.497 e. The zero-order valence-electron chi connectivity index (χ0n) is 24.9. The van der Waals surface area contributed by atoms with Gasteiger partial charge >= 0.3 is 0 Å². The smallest absolute Gasteiger partial charge is 0.244 e. The van der Waals surface area contributed by atoms with Crippen molar-refractivity contribution in [1.82, 2.24) is 10.2 Å². The number of hydrogen-bond acceptors (Lipinski definition) is 6.